The summed E-state index contributed by atoms with van der Waals surface area (Å²) in [7, 11) is 1.69. The number of para-hydroxylation sites is 2. The molecule has 0 aliphatic rings. The van der Waals surface area contributed by atoms with E-state index < -0.39 is 0 Å². The van der Waals surface area contributed by atoms with Crippen molar-refractivity contribution in [3.05, 3.63) is 257 Å². The Morgan fingerprint density at radius 3 is 1.26 bits per heavy atom. The van der Waals surface area contributed by atoms with Gasteiger partial charge in [0.25, 0.3) is 0 Å². The highest BCUT2D eigenvalue weighted by Gasteiger charge is 2.19. The third kappa shape index (κ3) is 10.4. The Labute approximate surface area is 360 Å². The molecule has 0 heterocycles. The first-order valence-corrected chi connectivity index (χ1v) is 20.6. The Balaban J connectivity index is 1.20. The second kappa shape index (κ2) is 19.7. The van der Waals surface area contributed by atoms with Crippen LogP contribution in [0.5, 0.6) is 5.75 Å². The van der Waals surface area contributed by atoms with Gasteiger partial charge in [0.2, 0.25) is 0 Å². The number of hydrogen-bond acceptors (Lipinski definition) is 3. The van der Waals surface area contributed by atoms with Crippen molar-refractivity contribution in [1.82, 2.24) is 0 Å². The quantitative estimate of drug-likeness (QED) is 0.0806. The minimum absolute atomic E-state index is 0.847. The number of ether oxygens (including phenoxy) is 1. The Hall–Kier alpha value is -7.88. The zero-order chi connectivity index (χ0) is 41.6. The summed E-state index contributed by atoms with van der Waals surface area (Å²) in [4.78, 5) is 4.68. The van der Waals surface area contributed by atoms with Crippen LogP contribution < -0.4 is 14.5 Å². The first kappa shape index (κ1) is 39.9. The second-order valence-corrected chi connectivity index (χ2v) is 14.7. The van der Waals surface area contributed by atoms with Gasteiger partial charge in [-0.15, -0.1) is 0 Å². The molecule has 0 radical (unpaired) electrons. The van der Waals surface area contributed by atoms with E-state index in [2.05, 4.69) is 253 Å². The van der Waals surface area contributed by atoms with E-state index in [0.29, 0.717) is 0 Å². The van der Waals surface area contributed by atoms with Crippen molar-refractivity contribution in [1.29, 1.82) is 0 Å². The summed E-state index contributed by atoms with van der Waals surface area (Å²) in [6.07, 6.45) is 17.2. The summed E-state index contributed by atoms with van der Waals surface area (Å²) in [5, 5.41) is 0. The summed E-state index contributed by atoms with van der Waals surface area (Å²) >= 11 is 0. The van der Waals surface area contributed by atoms with Crippen molar-refractivity contribution in [2.75, 3.05) is 16.9 Å². The van der Waals surface area contributed by atoms with Crippen LogP contribution in [0.4, 0.5) is 34.1 Å². The van der Waals surface area contributed by atoms with Crippen molar-refractivity contribution in [2.45, 2.75) is 6.92 Å². The van der Waals surface area contributed by atoms with Crippen LogP contribution in [0, 0.1) is 6.92 Å². The molecule has 0 unspecified atom stereocenters. The molecular formula is C58H48N2O. The fourth-order valence-electron chi connectivity index (χ4n) is 7.17. The molecule has 0 aliphatic carbocycles. The van der Waals surface area contributed by atoms with E-state index in [4.69, 9.17) is 4.74 Å². The molecule has 0 amide bonds. The monoisotopic (exact) mass is 788 g/mol. The molecule has 0 atom stereocenters. The number of methoxy groups -OCH3 is 1. The van der Waals surface area contributed by atoms with E-state index in [9.17, 15) is 0 Å². The number of rotatable bonds is 14. The normalized spacial score (nSPS) is 11.5. The van der Waals surface area contributed by atoms with Gasteiger partial charge in [-0.3, -0.25) is 0 Å². The third-order valence-electron chi connectivity index (χ3n) is 10.4. The van der Waals surface area contributed by atoms with Gasteiger partial charge in [-0.1, -0.05) is 188 Å². The summed E-state index contributed by atoms with van der Waals surface area (Å²) in [6.45, 7) is 2.11. The molecule has 296 valence electrons. The molecule has 61 heavy (non-hydrogen) atoms. The smallest absolute Gasteiger partial charge is 0.118 e. The van der Waals surface area contributed by atoms with Crippen molar-refractivity contribution in [2.24, 2.45) is 0 Å². The number of nitrogens with zero attached hydrogens (tertiary/aromatic N) is 2. The molecule has 8 aromatic carbocycles. The van der Waals surface area contributed by atoms with Gasteiger partial charge < -0.3 is 14.5 Å². The van der Waals surface area contributed by atoms with Crippen molar-refractivity contribution in [3.63, 3.8) is 0 Å². The minimum atomic E-state index is 0.847. The predicted octanol–water partition coefficient (Wildman–Crippen LogP) is 16.0. The summed E-state index contributed by atoms with van der Waals surface area (Å²) < 4.78 is 5.35. The molecule has 0 bridgehead atoms. The zero-order valence-corrected chi connectivity index (χ0v) is 34.6. The lowest BCUT2D eigenvalue weighted by Crippen LogP contribution is -2.14. The summed E-state index contributed by atoms with van der Waals surface area (Å²) in [6, 6.07) is 72.6. The maximum atomic E-state index is 5.35. The highest BCUT2D eigenvalue weighted by atomic mass is 16.5. The Morgan fingerprint density at radius 2 is 0.738 bits per heavy atom. The molecule has 0 saturated carbocycles. The van der Waals surface area contributed by atoms with E-state index in [0.717, 1.165) is 67.7 Å². The van der Waals surface area contributed by atoms with Crippen LogP contribution in [-0.2, 0) is 0 Å². The molecule has 0 aliphatic heterocycles. The largest absolute Gasteiger partial charge is 0.497 e. The highest BCUT2D eigenvalue weighted by Crippen LogP contribution is 2.42. The van der Waals surface area contributed by atoms with Crippen molar-refractivity contribution >= 4 is 70.6 Å². The van der Waals surface area contributed by atoms with Gasteiger partial charge in [-0.2, -0.15) is 0 Å². The molecule has 8 rings (SSSR count). The number of benzene rings is 8. The van der Waals surface area contributed by atoms with E-state index >= 15 is 0 Å². The molecule has 8 aromatic rings. The molecule has 0 aromatic heterocycles. The van der Waals surface area contributed by atoms with Gasteiger partial charge in [-0.05, 0) is 113 Å². The van der Waals surface area contributed by atoms with Crippen LogP contribution in [0.3, 0.4) is 0 Å². The van der Waals surface area contributed by atoms with Gasteiger partial charge in [0, 0.05) is 28.4 Å². The van der Waals surface area contributed by atoms with Crippen LogP contribution in [0.2, 0.25) is 0 Å². The fourth-order valence-corrected chi connectivity index (χ4v) is 7.17. The van der Waals surface area contributed by atoms with Gasteiger partial charge in [-0.25, -0.2) is 0 Å². The molecule has 3 heteroatoms. The molecule has 0 N–H and O–H groups in total. The van der Waals surface area contributed by atoms with E-state index in [1.165, 1.54) is 11.1 Å². The number of anilines is 6. The first-order chi connectivity index (χ1) is 30.1. The van der Waals surface area contributed by atoms with Gasteiger partial charge in [0.05, 0.1) is 12.8 Å². The van der Waals surface area contributed by atoms with Crippen LogP contribution in [0.15, 0.2) is 218 Å². The number of hydrogen-bond donors (Lipinski definition) is 0. The van der Waals surface area contributed by atoms with Gasteiger partial charge in [0.15, 0.2) is 0 Å². The molecule has 0 fully saturated rings. The van der Waals surface area contributed by atoms with Gasteiger partial charge in [0.1, 0.15) is 5.75 Å². The van der Waals surface area contributed by atoms with Crippen molar-refractivity contribution in [3.8, 4) is 5.75 Å². The van der Waals surface area contributed by atoms with Gasteiger partial charge >= 0.3 is 0 Å². The van der Waals surface area contributed by atoms with Crippen molar-refractivity contribution < 1.29 is 4.74 Å². The van der Waals surface area contributed by atoms with E-state index in [1.807, 2.05) is 18.2 Å². The first-order valence-electron chi connectivity index (χ1n) is 20.6. The highest BCUT2D eigenvalue weighted by molar-refractivity contribution is 5.88. The Bertz CT molecular complexity index is 2730. The van der Waals surface area contributed by atoms with E-state index in [-0.39, 0.29) is 0 Å². The fraction of sp³-hybridized carbons (Fsp3) is 0.0345. The van der Waals surface area contributed by atoms with E-state index in [1.54, 1.807) is 7.11 Å². The molecular weight excluding hydrogens is 741 g/mol. The Morgan fingerprint density at radius 1 is 0.344 bits per heavy atom. The molecule has 0 spiro atoms. The second-order valence-electron chi connectivity index (χ2n) is 14.7. The molecule has 3 nitrogen and oxygen atoms in total. The average molecular weight is 789 g/mol. The maximum Gasteiger partial charge on any atom is 0.118 e. The maximum absolute atomic E-state index is 5.35. The van der Waals surface area contributed by atoms with Crippen LogP contribution in [0.25, 0.3) is 36.5 Å². The average Bonchev–Trinajstić information content (AvgIpc) is 3.32. The lowest BCUT2D eigenvalue weighted by atomic mass is 10.0. The minimum Gasteiger partial charge on any atom is -0.497 e. The number of allylic oxidation sites excluding steroid dienone is 2. The van der Waals surface area contributed by atoms with Crippen LogP contribution in [-0.4, -0.2) is 7.11 Å². The summed E-state index contributed by atoms with van der Waals surface area (Å²) in [5.41, 5.74) is 14.4. The Kier molecular flexibility index (Phi) is 12.9. The SMILES string of the molecule is COc1ccc(/C=C/c2ccc(N(c3ccccc3)c3cc(N(c4ccccc4)c4ccc(/C=C/c5ccc(C)cc5)cc4)ccc3/C=C/C=C/c3ccccc3)cc2)cc1. The van der Waals surface area contributed by atoms with Crippen LogP contribution in [0.1, 0.15) is 38.9 Å². The van der Waals surface area contributed by atoms with Crippen LogP contribution >= 0.6 is 0 Å². The lowest BCUT2D eigenvalue weighted by molar-refractivity contribution is 0.415. The third-order valence-corrected chi connectivity index (χ3v) is 10.4. The lowest BCUT2D eigenvalue weighted by Gasteiger charge is -2.30. The standard InChI is InChI=1S/C58H48N2O/c1-45-22-24-47(25-23-45)26-27-48-30-37-54(38-31-48)59(52-18-8-4-9-19-52)56-41-36-51(17-13-12-16-46-14-6-3-7-15-46)58(44-56)60(53-20-10-5-11-21-53)55-39-32-49(33-40-55)28-29-50-34-42-57(61-2)43-35-50/h3-44H,1-2H3/b16-12+,17-13+,27-26+,29-28+. The summed E-state index contributed by atoms with van der Waals surface area (Å²) in [5.74, 6) is 0.847. The number of aryl methyl sites for hydroxylation is 1. The predicted molar refractivity (Wildman–Crippen MR) is 262 cm³/mol. The molecule has 0 saturated heterocycles. The topological polar surface area (TPSA) is 15.7 Å². The zero-order valence-electron chi connectivity index (χ0n) is 34.6.